The third-order valence-electron chi connectivity index (χ3n) is 3.83. The number of halogens is 2. The first-order valence-electron chi connectivity index (χ1n) is 8.52. The predicted molar refractivity (Wildman–Crippen MR) is 108 cm³/mol. The van der Waals surface area contributed by atoms with Gasteiger partial charge in [0, 0.05) is 16.1 Å². The second-order valence-electron chi connectivity index (χ2n) is 5.84. The first kappa shape index (κ1) is 19.8. The lowest BCUT2D eigenvalue weighted by atomic mass is 10.1. The summed E-state index contributed by atoms with van der Waals surface area (Å²) in [5.41, 5.74) is 0.909. The van der Waals surface area contributed by atoms with Gasteiger partial charge in [-0.2, -0.15) is 5.10 Å². The third-order valence-corrected chi connectivity index (χ3v) is 4.32. The highest BCUT2D eigenvalue weighted by atomic mass is 79.9. The molecule has 1 heterocycles. The number of carbonyl (C=O) groups is 1. The van der Waals surface area contributed by atoms with Crippen molar-refractivity contribution < 1.29 is 13.9 Å². The topological polar surface area (TPSA) is 73.2 Å². The Kier molecular flexibility index (Phi) is 6.20. The molecule has 0 aliphatic heterocycles. The molecule has 3 rings (SSSR count). The number of hydrogen-bond acceptors (Lipinski definition) is 4. The van der Waals surface area contributed by atoms with E-state index in [1.54, 1.807) is 24.3 Å². The standard InChI is InChI=1S/C20H17BrFN3O3/c1-2-28-15-6-3-13(4-7-15)17-9-10-20(27)25(24-17)12-19(26)23-18-8-5-14(21)11-16(18)22/h3-11H,2,12H2,1H3,(H,23,26). The predicted octanol–water partition coefficient (Wildman–Crippen LogP) is 3.85. The Morgan fingerprint density at radius 3 is 2.61 bits per heavy atom. The average molecular weight is 446 g/mol. The molecule has 3 aromatic rings. The van der Waals surface area contributed by atoms with Gasteiger partial charge in [-0.1, -0.05) is 15.9 Å². The highest BCUT2D eigenvalue weighted by molar-refractivity contribution is 9.10. The lowest BCUT2D eigenvalue weighted by Gasteiger charge is -2.09. The summed E-state index contributed by atoms with van der Waals surface area (Å²) in [7, 11) is 0. The van der Waals surface area contributed by atoms with Crippen LogP contribution in [0.15, 0.2) is 63.9 Å². The van der Waals surface area contributed by atoms with E-state index in [1.807, 2.05) is 19.1 Å². The van der Waals surface area contributed by atoms with Crippen molar-refractivity contribution in [1.82, 2.24) is 9.78 Å². The Morgan fingerprint density at radius 1 is 1.18 bits per heavy atom. The van der Waals surface area contributed by atoms with E-state index in [-0.39, 0.29) is 12.2 Å². The number of aromatic nitrogens is 2. The molecule has 0 aliphatic rings. The first-order valence-corrected chi connectivity index (χ1v) is 9.32. The summed E-state index contributed by atoms with van der Waals surface area (Å²) in [5, 5.41) is 6.68. The molecule has 0 fully saturated rings. The zero-order valence-electron chi connectivity index (χ0n) is 15.0. The largest absolute Gasteiger partial charge is 0.494 e. The summed E-state index contributed by atoms with van der Waals surface area (Å²) < 4.78 is 20.9. The maximum Gasteiger partial charge on any atom is 0.267 e. The van der Waals surface area contributed by atoms with Crippen molar-refractivity contribution in [3.8, 4) is 17.0 Å². The van der Waals surface area contributed by atoms with Crippen LogP contribution in [0, 0.1) is 5.82 Å². The lowest BCUT2D eigenvalue weighted by molar-refractivity contribution is -0.117. The second-order valence-corrected chi connectivity index (χ2v) is 6.76. The van der Waals surface area contributed by atoms with Crippen molar-refractivity contribution in [3.05, 3.63) is 75.2 Å². The van der Waals surface area contributed by atoms with Gasteiger partial charge in [-0.15, -0.1) is 0 Å². The Morgan fingerprint density at radius 2 is 1.93 bits per heavy atom. The van der Waals surface area contributed by atoms with E-state index >= 15 is 0 Å². The molecule has 0 radical (unpaired) electrons. The fourth-order valence-electron chi connectivity index (χ4n) is 2.52. The molecule has 1 aromatic heterocycles. The van der Waals surface area contributed by atoms with Crippen LogP contribution in [0.1, 0.15) is 6.92 Å². The van der Waals surface area contributed by atoms with Gasteiger partial charge < -0.3 is 10.1 Å². The fourth-order valence-corrected chi connectivity index (χ4v) is 2.85. The molecule has 6 nitrogen and oxygen atoms in total. The number of ether oxygens (including phenoxy) is 1. The molecular weight excluding hydrogens is 429 g/mol. The monoisotopic (exact) mass is 445 g/mol. The van der Waals surface area contributed by atoms with E-state index in [0.29, 0.717) is 16.8 Å². The smallest absolute Gasteiger partial charge is 0.267 e. The molecule has 0 spiro atoms. The van der Waals surface area contributed by atoms with E-state index in [2.05, 4.69) is 26.3 Å². The molecule has 8 heteroatoms. The van der Waals surface area contributed by atoms with Crippen LogP contribution < -0.4 is 15.6 Å². The summed E-state index contributed by atoms with van der Waals surface area (Å²) in [4.78, 5) is 24.3. The van der Waals surface area contributed by atoms with Crippen molar-refractivity contribution in [2.45, 2.75) is 13.5 Å². The summed E-state index contributed by atoms with van der Waals surface area (Å²) in [5.74, 6) is -0.402. The molecule has 0 atom stereocenters. The molecule has 1 N–H and O–H groups in total. The summed E-state index contributed by atoms with van der Waals surface area (Å²) in [6.07, 6.45) is 0. The quantitative estimate of drug-likeness (QED) is 0.625. The number of anilines is 1. The van der Waals surface area contributed by atoms with Gasteiger partial charge in [0.1, 0.15) is 18.1 Å². The van der Waals surface area contributed by atoms with Gasteiger partial charge in [0.05, 0.1) is 18.0 Å². The van der Waals surface area contributed by atoms with Gasteiger partial charge in [0.2, 0.25) is 5.91 Å². The summed E-state index contributed by atoms with van der Waals surface area (Å²) in [6.45, 7) is 2.13. The third kappa shape index (κ3) is 4.83. The van der Waals surface area contributed by atoms with Gasteiger partial charge in [-0.05, 0) is 55.5 Å². The zero-order chi connectivity index (χ0) is 20.1. The van der Waals surface area contributed by atoms with Crippen molar-refractivity contribution in [2.75, 3.05) is 11.9 Å². The van der Waals surface area contributed by atoms with Crippen LogP contribution in [-0.2, 0) is 11.3 Å². The molecule has 1 amide bonds. The van der Waals surface area contributed by atoms with Gasteiger partial charge in [0.25, 0.3) is 5.56 Å². The zero-order valence-corrected chi connectivity index (χ0v) is 16.6. The highest BCUT2D eigenvalue weighted by Crippen LogP contribution is 2.21. The van der Waals surface area contributed by atoms with Gasteiger partial charge in [0.15, 0.2) is 0 Å². The second kappa shape index (κ2) is 8.79. The maximum atomic E-state index is 13.9. The number of carbonyl (C=O) groups excluding carboxylic acids is 1. The Labute approximate surface area is 169 Å². The van der Waals surface area contributed by atoms with Gasteiger partial charge in [-0.3, -0.25) is 9.59 Å². The summed E-state index contributed by atoms with van der Waals surface area (Å²) >= 11 is 3.15. The lowest BCUT2D eigenvalue weighted by Crippen LogP contribution is -2.29. The molecule has 144 valence electrons. The molecule has 0 saturated heterocycles. The van der Waals surface area contributed by atoms with E-state index in [0.717, 1.165) is 16.0 Å². The Balaban J connectivity index is 1.77. The fraction of sp³-hybridized carbons (Fsp3) is 0.150. The number of nitrogens with zero attached hydrogens (tertiary/aromatic N) is 2. The normalized spacial score (nSPS) is 10.5. The molecule has 2 aromatic carbocycles. The first-order chi connectivity index (χ1) is 13.5. The van der Waals surface area contributed by atoms with Crippen LogP contribution in [0.3, 0.4) is 0 Å². The van der Waals surface area contributed by atoms with E-state index < -0.39 is 17.3 Å². The number of hydrogen-bond donors (Lipinski definition) is 1. The van der Waals surface area contributed by atoms with Crippen LogP contribution in [0.25, 0.3) is 11.3 Å². The van der Waals surface area contributed by atoms with Crippen LogP contribution in [0.4, 0.5) is 10.1 Å². The van der Waals surface area contributed by atoms with Crippen molar-refractivity contribution >= 4 is 27.5 Å². The van der Waals surface area contributed by atoms with Crippen molar-refractivity contribution in [2.24, 2.45) is 0 Å². The minimum Gasteiger partial charge on any atom is -0.494 e. The Hall–Kier alpha value is -3.00. The van der Waals surface area contributed by atoms with E-state index in [1.165, 1.54) is 18.2 Å². The van der Waals surface area contributed by atoms with Gasteiger partial charge >= 0.3 is 0 Å². The highest BCUT2D eigenvalue weighted by Gasteiger charge is 2.11. The number of rotatable bonds is 6. The molecule has 28 heavy (non-hydrogen) atoms. The maximum absolute atomic E-state index is 13.9. The van der Waals surface area contributed by atoms with Crippen LogP contribution >= 0.6 is 15.9 Å². The number of benzene rings is 2. The number of nitrogens with one attached hydrogen (secondary N) is 1. The van der Waals surface area contributed by atoms with Crippen LogP contribution in [0.5, 0.6) is 5.75 Å². The summed E-state index contributed by atoms with van der Waals surface area (Å²) in [6, 6.07) is 14.5. The van der Waals surface area contributed by atoms with Crippen molar-refractivity contribution in [3.63, 3.8) is 0 Å². The molecule has 0 saturated carbocycles. The van der Waals surface area contributed by atoms with Crippen molar-refractivity contribution in [1.29, 1.82) is 0 Å². The van der Waals surface area contributed by atoms with Crippen LogP contribution in [-0.4, -0.2) is 22.3 Å². The van der Waals surface area contributed by atoms with Gasteiger partial charge in [-0.25, -0.2) is 9.07 Å². The molecule has 0 bridgehead atoms. The SMILES string of the molecule is CCOc1ccc(-c2ccc(=O)n(CC(=O)Nc3ccc(Br)cc3F)n2)cc1. The molecule has 0 unspecified atom stereocenters. The molecule has 0 aliphatic carbocycles. The van der Waals surface area contributed by atoms with E-state index in [4.69, 9.17) is 4.74 Å². The number of amides is 1. The molecular formula is C20H17BrFN3O3. The Bertz CT molecular complexity index is 1050. The van der Waals surface area contributed by atoms with E-state index in [9.17, 15) is 14.0 Å². The minimum absolute atomic E-state index is 0.0314. The minimum atomic E-state index is -0.578. The van der Waals surface area contributed by atoms with Crippen LogP contribution in [0.2, 0.25) is 0 Å². The average Bonchev–Trinajstić information content (AvgIpc) is 2.67.